The quantitative estimate of drug-likeness (QED) is 0.624. The Hall–Kier alpha value is -3.34. The van der Waals surface area contributed by atoms with Gasteiger partial charge in [-0.3, -0.25) is 9.59 Å². The van der Waals surface area contributed by atoms with E-state index in [1.54, 1.807) is 4.90 Å². The lowest BCUT2D eigenvalue weighted by Gasteiger charge is -2.39. The second-order valence-corrected chi connectivity index (χ2v) is 8.42. The lowest BCUT2D eigenvalue weighted by Crippen LogP contribution is -2.49. The molecule has 5 nitrogen and oxygen atoms in total. The molecular weight excluding hydrogens is 386 g/mol. The Kier molecular flexibility index (Phi) is 5.94. The van der Waals surface area contributed by atoms with Crippen LogP contribution in [0.4, 0.5) is 0 Å². The fraction of sp³-hybridized carbons (Fsp3) is 0.308. The number of aryl methyl sites for hydroxylation is 1. The van der Waals surface area contributed by atoms with Crippen molar-refractivity contribution in [2.75, 3.05) is 13.1 Å². The maximum absolute atomic E-state index is 13.5. The lowest BCUT2D eigenvalue weighted by atomic mass is 9.99. The van der Waals surface area contributed by atoms with Crippen molar-refractivity contribution < 1.29 is 9.59 Å². The molecule has 31 heavy (non-hydrogen) atoms. The van der Waals surface area contributed by atoms with Gasteiger partial charge in [0.1, 0.15) is 6.54 Å². The van der Waals surface area contributed by atoms with Gasteiger partial charge in [0.05, 0.1) is 6.04 Å². The number of amides is 2. The van der Waals surface area contributed by atoms with E-state index < -0.39 is 0 Å². The molecule has 2 amide bonds. The fourth-order valence-electron chi connectivity index (χ4n) is 4.23. The predicted octanol–water partition coefficient (Wildman–Crippen LogP) is 4.28. The van der Waals surface area contributed by atoms with Gasteiger partial charge in [-0.05, 0) is 50.6 Å². The van der Waals surface area contributed by atoms with Gasteiger partial charge >= 0.3 is 0 Å². The Morgan fingerprint density at radius 1 is 0.968 bits per heavy atom. The van der Waals surface area contributed by atoms with E-state index in [1.165, 1.54) is 0 Å². The van der Waals surface area contributed by atoms with E-state index in [1.807, 2.05) is 74.2 Å². The summed E-state index contributed by atoms with van der Waals surface area (Å²) in [4.78, 5) is 30.3. The number of rotatable bonds is 5. The molecule has 0 bridgehead atoms. The van der Waals surface area contributed by atoms with E-state index in [9.17, 15) is 9.59 Å². The molecule has 1 unspecified atom stereocenters. The van der Waals surface area contributed by atoms with Crippen molar-refractivity contribution in [1.82, 2.24) is 14.4 Å². The lowest BCUT2D eigenvalue weighted by molar-refractivity contribution is -0.135. The summed E-state index contributed by atoms with van der Waals surface area (Å²) in [5.41, 5.74) is 3.90. The Morgan fingerprint density at radius 2 is 1.68 bits per heavy atom. The second kappa shape index (κ2) is 8.80. The normalized spacial score (nSPS) is 15.6. The van der Waals surface area contributed by atoms with Crippen LogP contribution in [0.2, 0.25) is 0 Å². The van der Waals surface area contributed by atoms with Gasteiger partial charge in [-0.15, -0.1) is 0 Å². The standard InChI is InChI=1S/C26H29N3O2/c1-19(2)29(26(31)22-13-11-20(3)12-14-22)18-24(30)28-17-16-27-15-7-10-23(27)25(28)21-8-5-4-6-9-21/h4-15,19,25H,16-18H2,1-3H3. The number of carbonyl (C=O) groups excluding carboxylic acids is 2. The molecule has 0 saturated heterocycles. The number of carbonyl (C=O) groups is 2. The highest BCUT2D eigenvalue weighted by molar-refractivity contribution is 5.96. The zero-order valence-corrected chi connectivity index (χ0v) is 18.4. The van der Waals surface area contributed by atoms with E-state index in [-0.39, 0.29) is 30.4 Å². The van der Waals surface area contributed by atoms with Crippen LogP contribution in [0.25, 0.3) is 0 Å². The van der Waals surface area contributed by atoms with Crippen LogP contribution < -0.4 is 0 Å². The molecule has 1 aliphatic heterocycles. The zero-order chi connectivity index (χ0) is 22.0. The monoisotopic (exact) mass is 415 g/mol. The van der Waals surface area contributed by atoms with E-state index in [2.05, 4.69) is 29.0 Å². The third-order valence-electron chi connectivity index (χ3n) is 5.96. The van der Waals surface area contributed by atoms with Crippen molar-refractivity contribution >= 4 is 11.8 Å². The van der Waals surface area contributed by atoms with Crippen molar-refractivity contribution in [1.29, 1.82) is 0 Å². The fourth-order valence-corrected chi connectivity index (χ4v) is 4.23. The van der Waals surface area contributed by atoms with Crippen LogP contribution >= 0.6 is 0 Å². The third-order valence-corrected chi connectivity index (χ3v) is 5.96. The van der Waals surface area contributed by atoms with Gasteiger partial charge in [-0.1, -0.05) is 48.0 Å². The highest BCUT2D eigenvalue weighted by atomic mass is 16.2. The summed E-state index contributed by atoms with van der Waals surface area (Å²) in [6, 6.07) is 21.5. The number of aromatic nitrogens is 1. The van der Waals surface area contributed by atoms with Crippen molar-refractivity contribution in [3.8, 4) is 0 Å². The molecule has 0 radical (unpaired) electrons. The van der Waals surface area contributed by atoms with E-state index in [4.69, 9.17) is 0 Å². The van der Waals surface area contributed by atoms with Gasteiger partial charge < -0.3 is 14.4 Å². The summed E-state index contributed by atoms with van der Waals surface area (Å²) >= 11 is 0. The Bertz CT molecular complexity index is 1050. The SMILES string of the molecule is Cc1ccc(C(=O)N(CC(=O)N2CCn3cccc3C2c2ccccc2)C(C)C)cc1. The van der Waals surface area contributed by atoms with Crippen LogP contribution in [-0.4, -0.2) is 45.3 Å². The number of hydrogen-bond donors (Lipinski definition) is 0. The minimum Gasteiger partial charge on any atom is -0.348 e. The first-order chi connectivity index (χ1) is 15.0. The molecule has 0 saturated carbocycles. The molecular formula is C26H29N3O2. The van der Waals surface area contributed by atoms with Crippen molar-refractivity contribution in [3.63, 3.8) is 0 Å². The highest BCUT2D eigenvalue weighted by Gasteiger charge is 2.33. The van der Waals surface area contributed by atoms with Crippen LogP contribution in [0, 0.1) is 6.92 Å². The molecule has 1 atom stereocenters. The summed E-state index contributed by atoms with van der Waals surface area (Å²) in [5, 5.41) is 0. The third kappa shape index (κ3) is 4.26. The van der Waals surface area contributed by atoms with Gasteiger partial charge in [0.2, 0.25) is 5.91 Å². The van der Waals surface area contributed by atoms with Crippen LogP contribution in [0.1, 0.15) is 47.1 Å². The molecule has 5 heteroatoms. The Labute approximate surface area is 183 Å². The van der Waals surface area contributed by atoms with E-state index >= 15 is 0 Å². The molecule has 4 rings (SSSR count). The minimum atomic E-state index is -0.152. The van der Waals surface area contributed by atoms with Gasteiger partial charge in [-0.2, -0.15) is 0 Å². The Morgan fingerprint density at radius 3 is 2.35 bits per heavy atom. The molecule has 0 N–H and O–H groups in total. The Balaban J connectivity index is 1.61. The molecule has 1 aliphatic rings. The molecule has 3 aromatic rings. The molecule has 0 fully saturated rings. The van der Waals surface area contributed by atoms with Gasteiger partial charge in [0.25, 0.3) is 5.91 Å². The van der Waals surface area contributed by atoms with Crippen molar-refractivity contribution in [2.45, 2.75) is 39.4 Å². The van der Waals surface area contributed by atoms with Crippen LogP contribution in [0.5, 0.6) is 0 Å². The molecule has 1 aromatic heterocycles. The predicted molar refractivity (Wildman–Crippen MR) is 122 cm³/mol. The minimum absolute atomic E-state index is 0.0320. The van der Waals surface area contributed by atoms with Gasteiger partial charge in [0.15, 0.2) is 0 Å². The number of fused-ring (bicyclic) bond motifs is 1. The first-order valence-corrected chi connectivity index (χ1v) is 10.8. The summed E-state index contributed by atoms with van der Waals surface area (Å²) < 4.78 is 2.21. The highest BCUT2D eigenvalue weighted by Crippen LogP contribution is 2.32. The summed E-state index contributed by atoms with van der Waals surface area (Å²) in [6.07, 6.45) is 2.06. The number of nitrogens with zero attached hydrogens (tertiary/aromatic N) is 3. The summed E-state index contributed by atoms with van der Waals surface area (Å²) in [5.74, 6) is -0.143. The van der Waals surface area contributed by atoms with Crippen LogP contribution in [0.3, 0.4) is 0 Å². The maximum atomic E-state index is 13.5. The zero-order valence-electron chi connectivity index (χ0n) is 18.4. The number of hydrogen-bond acceptors (Lipinski definition) is 2. The average Bonchev–Trinajstić information content (AvgIpc) is 3.26. The van der Waals surface area contributed by atoms with Crippen molar-refractivity contribution in [3.05, 3.63) is 95.3 Å². The van der Waals surface area contributed by atoms with E-state index in [0.29, 0.717) is 12.1 Å². The van der Waals surface area contributed by atoms with Gasteiger partial charge in [-0.25, -0.2) is 0 Å². The van der Waals surface area contributed by atoms with Crippen LogP contribution in [-0.2, 0) is 11.3 Å². The topological polar surface area (TPSA) is 45.6 Å². The van der Waals surface area contributed by atoms with Crippen LogP contribution in [0.15, 0.2) is 72.9 Å². The molecule has 0 spiro atoms. The average molecular weight is 416 g/mol. The van der Waals surface area contributed by atoms with E-state index in [0.717, 1.165) is 23.4 Å². The number of benzene rings is 2. The summed E-state index contributed by atoms with van der Waals surface area (Å²) in [7, 11) is 0. The molecule has 0 aliphatic carbocycles. The first-order valence-electron chi connectivity index (χ1n) is 10.8. The smallest absolute Gasteiger partial charge is 0.254 e. The summed E-state index contributed by atoms with van der Waals surface area (Å²) in [6.45, 7) is 7.34. The molecule has 2 aromatic carbocycles. The second-order valence-electron chi connectivity index (χ2n) is 8.42. The first kappa shape index (κ1) is 20.9. The largest absolute Gasteiger partial charge is 0.348 e. The molecule has 160 valence electrons. The van der Waals surface area contributed by atoms with Crippen molar-refractivity contribution in [2.24, 2.45) is 0 Å². The maximum Gasteiger partial charge on any atom is 0.254 e. The molecule has 2 heterocycles. The van der Waals surface area contributed by atoms with Gasteiger partial charge in [0, 0.05) is 36.6 Å².